The molecule has 0 unspecified atom stereocenters. The van der Waals surface area contributed by atoms with Gasteiger partial charge in [-0.25, -0.2) is 12.8 Å². The first-order valence-electron chi connectivity index (χ1n) is 5.03. The van der Waals surface area contributed by atoms with E-state index in [4.69, 9.17) is 21.8 Å². The molecule has 0 saturated heterocycles. The Morgan fingerprint density at radius 2 is 1.70 bits per heavy atom. The third-order valence-corrected chi connectivity index (χ3v) is 4.41. The van der Waals surface area contributed by atoms with E-state index in [0.29, 0.717) is 0 Å². The summed E-state index contributed by atoms with van der Waals surface area (Å²) in [5.74, 6) is -3.85. The summed E-state index contributed by atoms with van der Waals surface area (Å²) in [5.41, 5.74) is 0. The number of halogens is 2. The average Bonchev–Trinajstić information content (AvgIpc) is 2.26. The standard InChI is InChI=1S/C10H9ClFNO6S/c11-7-3-6(12)1-2-8(7)20(18,19)13(4-9(14)15)5-10(16)17/h1-3H,4-5H2,(H,14,15)(H,16,17). The van der Waals surface area contributed by atoms with Gasteiger partial charge in [0, 0.05) is 0 Å². The van der Waals surface area contributed by atoms with E-state index in [-0.39, 0.29) is 4.31 Å². The number of benzene rings is 1. The second-order valence-electron chi connectivity index (χ2n) is 3.64. The first-order valence-corrected chi connectivity index (χ1v) is 6.85. The molecule has 1 aromatic carbocycles. The molecule has 0 aliphatic rings. The van der Waals surface area contributed by atoms with Crippen molar-refractivity contribution in [2.45, 2.75) is 4.90 Å². The fraction of sp³-hybridized carbons (Fsp3) is 0.200. The van der Waals surface area contributed by atoms with Crippen molar-refractivity contribution in [3.63, 3.8) is 0 Å². The highest BCUT2D eigenvalue weighted by molar-refractivity contribution is 7.89. The molecule has 1 rings (SSSR count). The summed E-state index contributed by atoms with van der Waals surface area (Å²) in [7, 11) is -4.47. The molecule has 2 N–H and O–H groups in total. The maximum atomic E-state index is 12.9. The van der Waals surface area contributed by atoms with E-state index in [0.717, 1.165) is 18.2 Å². The van der Waals surface area contributed by atoms with Crippen molar-refractivity contribution in [2.75, 3.05) is 13.1 Å². The number of aliphatic carboxylic acids is 2. The third kappa shape index (κ3) is 3.89. The summed E-state index contributed by atoms with van der Waals surface area (Å²) in [5, 5.41) is 16.8. The van der Waals surface area contributed by atoms with Crippen LogP contribution in [0.3, 0.4) is 0 Å². The van der Waals surface area contributed by atoms with Gasteiger partial charge in [0.2, 0.25) is 10.0 Å². The first kappa shape index (κ1) is 16.3. The molecular weight excluding hydrogens is 317 g/mol. The molecule has 1 aromatic rings. The van der Waals surface area contributed by atoms with Crippen LogP contribution in [0.5, 0.6) is 0 Å². The van der Waals surface area contributed by atoms with Gasteiger partial charge >= 0.3 is 11.9 Å². The van der Waals surface area contributed by atoms with Crippen LogP contribution >= 0.6 is 11.6 Å². The smallest absolute Gasteiger partial charge is 0.318 e. The molecule has 0 radical (unpaired) electrons. The van der Waals surface area contributed by atoms with Crippen molar-refractivity contribution in [1.82, 2.24) is 4.31 Å². The molecule has 10 heteroatoms. The highest BCUT2D eigenvalue weighted by Gasteiger charge is 2.30. The molecule has 0 amide bonds. The quantitative estimate of drug-likeness (QED) is 0.793. The summed E-state index contributed by atoms with van der Waals surface area (Å²) in [6.07, 6.45) is 0. The fourth-order valence-corrected chi connectivity index (χ4v) is 3.20. The van der Waals surface area contributed by atoms with E-state index in [9.17, 15) is 22.4 Å². The largest absolute Gasteiger partial charge is 0.480 e. The Hall–Kier alpha value is -1.71. The Kier molecular flexibility index (Phi) is 5.03. The Labute approximate surface area is 118 Å². The zero-order valence-corrected chi connectivity index (χ0v) is 11.4. The SMILES string of the molecule is O=C(O)CN(CC(=O)O)S(=O)(=O)c1ccc(F)cc1Cl. The first-order chi connectivity index (χ1) is 9.14. The third-order valence-electron chi connectivity index (χ3n) is 2.13. The average molecular weight is 326 g/mol. The number of hydrogen-bond donors (Lipinski definition) is 2. The minimum absolute atomic E-state index is 0.219. The van der Waals surface area contributed by atoms with Crippen LogP contribution in [0, 0.1) is 5.82 Å². The fourth-order valence-electron chi connectivity index (χ4n) is 1.35. The van der Waals surface area contributed by atoms with Gasteiger partial charge in [0.25, 0.3) is 0 Å². The summed E-state index contributed by atoms with van der Waals surface area (Å²) in [6, 6.07) is 2.39. The Morgan fingerprint density at radius 1 is 1.20 bits per heavy atom. The molecule has 20 heavy (non-hydrogen) atoms. The molecule has 0 aromatic heterocycles. The minimum Gasteiger partial charge on any atom is -0.480 e. The van der Waals surface area contributed by atoms with Crippen LogP contribution in [0.15, 0.2) is 23.1 Å². The lowest BCUT2D eigenvalue weighted by Gasteiger charge is -2.18. The minimum atomic E-state index is -4.47. The van der Waals surface area contributed by atoms with Gasteiger partial charge in [0.1, 0.15) is 23.8 Å². The molecule has 0 fully saturated rings. The summed E-state index contributed by atoms with van der Waals surface area (Å²) in [6.45, 7) is -2.11. The van der Waals surface area contributed by atoms with Crippen LogP contribution in [0.2, 0.25) is 5.02 Å². The zero-order chi connectivity index (χ0) is 15.5. The topological polar surface area (TPSA) is 112 Å². The monoisotopic (exact) mass is 325 g/mol. The maximum Gasteiger partial charge on any atom is 0.318 e. The van der Waals surface area contributed by atoms with Crippen molar-refractivity contribution < 1.29 is 32.6 Å². The lowest BCUT2D eigenvalue weighted by atomic mass is 10.3. The van der Waals surface area contributed by atoms with Crippen LogP contribution < -0.4 is 0 Å². The van der Waals surface area contributed by atoms with Gasteiger partial charge < -0.3 is 10.2 Å². The normalized spacial score (nSPS) is 11.6. The zero-order valence-electron chi connectivity index (χ0n) is 9.79. The van der Waals surface area contributed by atoms with Crippen molar-refractivity contribution in [3.05, 3.63) is 29.0 Å². The predicted octanol–water partition coefficient (Wildman–Crippen LogP) is 0.639. The van der Waals surface area contributed by atoms with Crippen LogP contribution in [-0.4, -0.2) is 48.0 Å². The lowest BCUT2D eigenvalue weighted by molar-refractivity contribution is -0.139. The summed E-state index contributed by atoms with van der Waals surface area (Å²) in [4.78, 5) is 20.7. The molecular formula is C10H9ClFNO6S. The van der Waals surface area contributed by atoms with Gasteiger partial charge in [-0.15, -0.1) is 0 Å². The van der Waals surface area contributed by atoms with Gasteiger partial charge in [-0.1, -0.05) is 11.6 Å². The number of carbonyl (C=O) groups is 2. The molecule has 0 saturated carbocycles. The number of carboxylic acids is 2. The Morgan fingerprint density at radius 3 is 2.10 bits per heavy atom. The summed E-state index contributed by atoms with van der Waals surface area (Å²) >= 11 is 5.59. The second-order valence-corrected chi connectivity index (χ2v) is 5.95. The molecule has 0 aliphatic carbocycles. The van der Waals surface area contributed by atoms with Crippen LogP contribution in [0.1, 0.15) is 0 Å². The number of carboxylic acid groups (broad SMARTS) is 2. The summed E-state index contributed by atoms with van der Waals surface area (Å²) < 4.78 is 37.4. The van der Waals surface area contributed by atoms with Crippen LogP contribution in [-0.2, 0) is 19.6 Å². The molecule has 0 aliphatic heterocycles. The second kappa shape index (κ2) is 6.16. The molecule has 0 spiro atoms. The van der Waals surface area contributed by atoms with Gasteiger partial charge in [0.15, 0.2) is 0 Å². The van der Waals surface area contributed by atoms with Crippen LogP contribution in [0.25, 0.3) is 0 Å². The number of hydrogen-bond acceptors (Lipinski definition) is 4. The lowest BCUT2D eigenvalue weighted by Crippen LogP contribution is -2.39. The van der Waals surface area contributed by atoms with Crippen LogP contribution in [0.4, 0.5) is 4.39 Å². The van der Waals surface area contributed by atoms with Crippen molar-refractivity contribution in [3.8, 4) is 0 Å². The molecule has 110 valence electrons. The van der Waals surface area contributed by atoms with E-state index in [1.807, 2.05) is 0 Å². The predicted molar refractivity (Wildman–Crippen MR) is 65.4 cm³/mol. The highest BCUT2D eigenvalue weighted by atomic mass is 35.5. The van der Waals surface area contributed by atoms with Crippen molar-refractivity contribution in [1.29, 1.82) is 0 Å². The number of rotatable bonds is 6. The number of sulfonamides is 1. The molecule has 0 atom stereocenters. The van der Waals surface area contributed by atoms with Crippen molar-refractivity contribution >= 4 is 33.6 Å². The van der Waals surface area contributed by atoms with Gasteiger partial charge in [0.05, 0.1) is 5.02 Å². The van der Waals surface area contributed by atoms with E-state index in [1.165, 1.54) is 0 Å². The van der Waals surface area contributed by atoms with Gasteiger partial charge in [-0.2, -0.15) is 4.31 Å². The van der Waals surface area contributed by atoms with E-state index >= 15 is 0 Å². The van der Waals surface area contributed by atoms with E-state index in [1.54, 1.807) is 0 Å². The number of nitrogens with zero attached hydrogens (tertiary/aromatic N) is 1. The maximum absolute atomic E-state index is 12.9. The molecule has 7 nitrogen and oxygen atoms in total. The van der Waals surface area contributed by atoms with Gasteiger partial charge in [-0.3, -0.25) is 9.59 Å². The van der Waals surface area contributed by atoms with E-state index < -0.39 is 50.8 Å². The van der Waals surface area contributed by atoms with Crippen molar-refractivity contribution in [2.24, 2.45) is 0 Å². The Balaban J connectivity index is 3.28. The highest BCUT2D eigenvalue weighted by Crippen LogP contribution is 2.25. The Bertz CT molecular complexity index is 631. The van der Waals surface area contributed by atoms with Gasteiger partial charge in [-0.05, 0) is 18.2 Å². The molecule has 0 heterocycles. The van der Waals surface area contributed by atoms with E-state index in [2.05, 4.69) is 0 Å². The molecule has 0 bridgehead atoms.